The summed E-state index contributed by atoms with van der Waals surface area (Å²) in [7, 11) is 3.80. The van der Waals surface area contributed by atoms with Gasteiger partial charge in [0.1, 0.15) is 5.75 Å². The molecule has 0 unspecified atom stereocenters. The highest BCUT2D eigenvalue weighted by Crippen LogP contribution is 2.36. The van der Waals surface area contributed by atoms with E-state index < -0.39 is 0 Å². The summed E-state index contributed by atoms with van der Waals surface area (Å²) in [5.74, 6) is 0.125. The van der Waals surface area contributed by atoms with Crippen LogP contribution in [0.5, 0.6) is 5.75 Å². The number of rotatable bonds is 8. The van der Waals surface area contributed by atoms with E-state index in [2.05, 4.69) is 64.6 Å². The number of likely N-dealkylation sites (N-methyl/N-ethyl adjacent to an activating group) is 1. The minimum Gasteiger partial charge on any atom is -0.494 e. The van der Waals surface area contributed by atoms with Crippen LogP contribution in [0.4, 0.5) is 5.69 Å². The summed E-state index contributed by atoms with van der Waals surface area (Å²) in [6.45, 7) is 19.9. The van der Waals surface area contributed by atoms with Crippen molar-refractivity contribution in [3.63, 3.8) is 0 Å². The molecule has 2 amide bonds. The highest BCUT2D eigenvalue weighted by atomic mass is 16.5. The molecule has 1 aliphatic heterocycles. The molecule has 43 heavy (non-hydrogen) atoms. The zero-order chi connectivity index (χ0) is 31.5. The van der Waals surface area contributed by atoms with E-state index in [4.69, 9.17) is 4.74 Å². The third-order valence-electron chi connectivity index (χ3n) is 7.70. The summed E-state index contributed by atoms with van der Waals surface area (Å²) >= 11 is 0. The van der Waals surface area contributed by atoms with Crippen molar-refractivity contribution in [1.29, 1.82) is 0 Å². The van der Waals surface area contributed by atoms with Crippen LogP contribution in [-0.4, -0.2) is 83.5 Å². The van der Waals surface area contributed by atoms with Gasteiger partial charge in [-0.05, 0) is 54.1 Å². The van der Waals surface area contributed by atoms with Gasteiger partial charge in [-0.15, -0.1) is 5.10 Å². The Bertz CT molecular complexity index is 1460. The van der Waals surface area contributed by atoms with Crippen molar-refractivity contribution in [3.05, 3.63) is 64.5 Å². The largest absolute Gasteiger partial charge is 0.494 e. The Labute approximate surface area is 255 Å². The summed E-state index contributed by atoms with van der Waals surface area (Å²) in [4.78, 5) is 31.1. The first-order chi connectivity index (χ1) is 20.1. The Kier molecular flexibility index (Phi) is 9.61. The van der Waals surface area contributed by atoms with Crippen LogP contribution in [0.15, 0.2) is 36.5 Å². The third-order valence-corrected chi connectivity index (χ3v) is 7.70. The maximum absolute atomic E-state index is 13.7. The summed E-state index contributed by atoms with van der Waals surface area (Å²) in [5.41, 5.74) is 4.88. The summed E-state index contributed by atoms with van der Waals surface area (Å²) < 4.78 is 7.44. The van der Waals surface area contributed by atoms with E-state index in [9.17, 15) is 9.59 Å². The second-order valence-electron chi connectivity index (χ2n) is 13.8. The molecule has 2 N–H and O–H groups in total. The number of benzene rings is 2. The first kappa shape index (κ1) is 32.2. The van der Waals surface area contributed by atoms with Gasteiger partial charge in [0.2, 0.25) is 0 Å². The first-order valence-corrected chi connectivity index (χ1v) is 14.9. The first-order valence-electron chi connectivity index (χ1n) is 14.9. The number of amides is 2. The maximum atomic E-state index is 13.7. The number of methoxy groups -OCH3 is 1. The van der Waals surface area contributed by atoms with Crippen molar-refractivity contribution in [2.75, 3.05) is 52.2 Å². The second kappa shape index (κ2) is 12.9. The van der Waals surface area contributed by atoms with Gasteiger partial charge >= 0.3 is 0 Å². The Morgan fingerprint density at radius 3 is 2.30 bits per heavy atom. The Balaban J connectivity index is 1.60. The molecular weight excluding hydrogens is 542 g/mol. The number of piperazine rings is 1. The number of nitrogens with one attached hydrogen (secondary N) is 2. The fraction of sp³-hybridized carbons (Fsp3) is 0.515. The predicted octanol–water partition coefficient (Wildman–Crippen LogP) is 4.66. The average Bonchev–Trinajstić information content (AvgIpc) is 3.42. The number of carbonyl (C=O) groups is 2. The lowest BCUT2D eigenvalue weighted by Crippen LogP contribution is -2.44. The molecule has 1 fully saturated rings. The minimum atomic E-state index is -0.286. The van der Waals surface area contributed by atoms with Gasteiger partial charge in [-0.2, -0.15) is 0 Å². The van der Waals surface area contributed by atoms with Crippen LogP contribution >= 0.6 is 0 Å². The van der Waals surface area contributed by atoms with Crippen molar-refractivity contribution >= 4 is 17.5 Å². The smallest absolute Gasteiger partial charge is 0.273 e. The lowest BCUT2D eigenvalue weighted by molar-refractivity contribution is 0.0933. The zero-order valence-corrected chi connectivity index (χ0v) is 27.2. The number of ether oxygens (including phenoxy) is 1. The number of carbonyl (C=O) groups excluding carboxylic acids is 2. The molecular formula is C33H47N7O3. The Morgan fingerprint density at radius 1 is 0.977 bits per heavy atom. The van der Waals surface area contributed by atoms with Crippen molar-refractivity contribution in [2.45, 2.75) is 60.4 Å². The molecule has 10 heteroatoms. The molecule has 0 atom stereocenters. The number of aromatic nitrogens is 3. The molecule has 2 aromatic carbocycles. The van der Waals surface area contributed by atoms with E-state index in [1.165, 1.54) is 4.68 Å². The molecule has 4 rings (SSSR count). The third kappa shape index (κ3) is 8.20. The Morgan fingerprint density at radius 2 is 1.67 bits per heavy atom. The van der Waals surface area contributed by atoms with E-state index in [1.807, 2.05) is 39.8 Å². The molecule has 232 valence electrons. The average molecular weight is 590 g/mol. The highest BCUT2D eigenvalue weighted by molar-refractivity contribution is 6.05. The molecule has 1 saturated heterocycles. The van der Waals surface area contributed by atoms with E-state index in [0.717, 1.165) is 49.4 Å². The van der Waals surface area contributed by atoms with Crippen LogP contribution in [-0.2, 0) is 12.0 Å². The van der Waals surface area contributed by atoms with Gasteiger partial charge in [-0.25, -0.2) is 4.68 Å². The SMILES string of the molecule is COc1c(CN2CCN(C)CC2)cc(C(C)(C)C)cc1NC(=O)c1ccc(C)c(-n2cc(C(=O)NCC(C)(C)C)nn2)c1. The quantitative estimate of drug-likeness (QED) is 0.394. The van der Waals surface area contributed by atoms with E-state index >= 15 is 0 Å². The molecule has 2 heterocycles. The van der Waals surface area contributed by atoms with Gasteiger partial charge in [0, 0.05) is 50.4 Å². The van der Waals surface area contributed by atoms with Crippen molar-refractivity contribution in [3.8, 4) is 11.4 Å². The van der Waals surface area contributed by atoms with Crippen LogP contribution in [0.25, 0.3) is 5.69 Å². The predicted molar refractivity (Wildman–Crippen MR) is 170 cm³/mol. The van der Waals surface area contributed by atoms with Gasteiger partial charge in [-0.1, -0.05) is 58.9 Å². The minimum absolute atomic E-state index is 0.0512. The molecule has 0 radical (unpaired) electrons. The van der Waals surface area contributed by atoms with Crippen LogP contribution in [0.3, 0.4) is 0 Å². The maximum Gasteiger partial charge on any atom is 0.273 e. The van der Waals surface area contributed by atoms with Crippen LogP contribution in [0.1, 0.15) is 79.1 Å². The van der Waals surface area contributed by atoms with Crippen molar-refractivity contribution < 1.29 is 14.3 Å². The molecule has 3 aromatic rings. The lowest BCUT2D eigenvalue weighted by Gasteiger charge is -2.33. The van der Waals surface area contributed by atoms with E-state index in [0.29, 0.717) is 29.2 Å². The number of nitrogens with zero attached hydrogens (tertiary/aromatic N) is 5. The summed E-state index contributed by atoms with van der Waals surface area (Å²) in [6, 6.07) is 9.64. The van der Waals surface area contributed by atoms with E-state index in [1.54, 1.807) is 25.4 Å². The fourth-order valence-electron chi connectivity index (χ4n) is 4.93. The van der Waals surface area contributed by atoms with E-state index in [-0.39, 0.29) is 28.3 Å². The van der Waals surface area contributed by atoms with Crippen LogP contribution in [0.2, 0.25) is 0 Å². The number of aryl methyl sites for hydroxylation is 1. The van der Waals surface area contributed by atoms with Gasteiger partial charge in [-0.3, -0.25) is 14.5 Å². The highest BCUT2D eigenvalue weighted by Gasteiger charge is 2.24. The topological polar surface area (TPSA) is 105 Å². The van der Waals surface area contributed by atoms with Crippen LogP contribution < -0.4 is 15.4 Å². The standard InChI is InChI=1S/C33H47N7O3/c1-22-10-11-23(17-28(22)40-20-27(36-37-40)31(42)34-21-32(2,3)4)30(41)35-26-18-25(33(5,6)7)16-24(29(26)43-9)19-39-14-12-38(8)13-15-39/h10-11,16-18,20H,12-15,19,21H2,1-9H3,(H,34,42)(H,35,41). The zero-order valence-electron chi connectivity index (χ0n) is 27.2. The Hall–Kier alpha value is -3.76. The van der Waals surface area contributed by atoms with Gasteiger partial charge in [0.05, 0.1) is 24.7 Å². The van der Waals surface area contributed by atoms with Crippen molar-refractivity contribution in [1.82, 2.24) is 30.1 Å². The van der Waals surface area contributed by atoms with Gasteiger partial charge < -0.3 is 20.3 Å². The molecule has 1 aliphatic rings. The lowest BCUT2D eigenvalue weighted by atomic mass is 9.85. The number of hydrogen-bond donors (Lipinski definition) is 2. The second-order valence-corrected chi connectivity index (χ2v) is 13.8. The number of anilines is 1. The molecule has 0 saturated carbocycles. The molecule has 1 aromatic heterocycles. The molecule has 0 bridgehead atoms. The van der Waals surface area contributed by atoms with Crippen molar-refractivity contribution in [2.24, 2.45) is 5.41 Å². The van der Waals surface area contributed by atoms with Gasteiger partial charge in [0.25, 0.3) is 11.8 Å². The molecule has 0 spiro atoms. The monoisotopic (exact) mass is 589 g/mol. The van der Waals surface area contributed by atoms with Gasteiger partial charge in [0.15, 0.2) is 5.69 Å². The summed E-state index contributed by atoms with van der Waals surface area (Å²) in [5, 5.41) is 14.3. The fourth-order valence-corrected chi connectivity index (χ4v) is 4.93. The normalized spacial score (nSPS) is 14.9. The van der Waals surface area contributed by atoms with Crippen LogP contribution in [0, 0.1) is 12.3 Å². The molecule has 10 nitrogen and oxygen atoms in total. The molecule has 0 aliphatic carbocycles. The summed E-state index contributed by atoms with van der Waals surface area (Å²) in [6.07, 6.45) is 1.59. The number of hydrogen-bond acceptors (Lipinski definition) is 7.